The lowest BCUT2D eigenvalue weighted by atomic mass is 10.1. The number of amides is 2. The lowest BCUT2D eigenvalue weighted by Gasteiger charge is -2.27. The highest BCUT2D eigenvalue weighted by Crippen LogP contribution is 2.33. The van der Waals surface area contributed by atoms with E-state index in [1.165, 1.54) is 0 Å². The molecule has 32 heavy (non-hydrogen) atoms. The second-order valence-corrected chi connectivity index (χ2v) is 7.86. The third kappa shape index (κ3) is 4.79. The second kappa shape index (κ2) is 10.3. The van der Waals surface area contributed by atoms with Crippen LogP contribution in [0.25, 0.3) is 0 Å². The molecule has 1 aromatic heterocycles. The summed E-state index contributed by atoms with van der Waals surface area (Å²) >= 11 is 0. The number of fused-ring (bicyclic) bond motifs is 1. The number of pyridine rings is 1. The Kier molecular flexibility index (Phi) is 7.56. The van der Waals surface area contributed by atoms with Gasteiger partial charge in [0.05, 0.1) is 13.7 Å². The zero-order valence-electron chi connectivity index (χ0n) is 19.1. The van der Waals surface area contributed by atoms with Crippen LogP contribution in [0.1, 0.15) is 65.9 Å². The second-order valence-electron chi connectivity index (χ2n) is 7.86. The summed E-state index contributed by atoms with van der Waals surface area (Å²) in [6.07, 6.45) is 4.52. The van der Waals surface area contributed by atoms with Gasteiger partial charge in [-0.1, -0.05) is 19.1 Å². The summed E-state index contributed by atoms with van der Waals surface area (Å²) in [5.74, 6) is 0.351. The maximum Gasteiger partial charge on any atom is 0.259 e. The molecule has 3 rings (SSSR count). The molecule has 2 aromatic rings. The Balaban J connectivity index is 2.04. The van der Waals surface area contributed by atoms with Gasteiger partial charge < -0.3 is 24.3 Å². The standard InChI is InChI=1S/C24H31N3O5/c1-5-16(3)27-14-18(23(29)25-6-2)21(28)19(15-27)24(30)26-11-8-12-32-22-17(13-26)9-7-10-20(22)31-4/h7,9-10,14-16H,5-6,8,11-13H2,1-4H3,(H,25,29)/t16-/m0/s1. The van der Waals surface area contributed by atoms with Crippen molar-refractivity contribution in [3.05, 3.63) is 57.5 Å². The van der Waals surface area contributed by atoms with E-state index in [4.69, 9.17) is 9.47 Å². The summed E-state index contributed by atoms with van der Waals surface area (Å²) in [6.45, 7) is 7.31. The first-order valence-corrected chi connectivity index (χ1v) is 11.0. The van der Waals surface area contributed by atoms with E-state index in [0.717, 1.165) is 12.0 Å². The molecule has 0 aliphatic carbocycles. The van der Waals surface area contributed by atoms with Crippen LogP contribution < -0.4 is 20.2 Å². The van der Waals surface area contributed by atoms with Crippen molar-refractivity contribution in [3.8, 4) is 11.5 Å². The van der Waals surface area contributed by atoms with Crippen LogP contribution in [-0.2, 0) is 6.54 Å². The fourth-order valence-electron chi connectivity index (χ4n) is 3.70. The highest BCUT2D eigenvalue weighted by Gasteiger charge is 2.26. The molecular formula is C24H31N3O5. The average molecular weight is 442 g/mol. The molecule has 0 unspecified atom stereocenters. The topological polar surface area (TPSA) is 89.9 Å². The minimum Gasteiger partial charge on any atom is -0.493 e. The van der Waals surface area contributed by atoms with Crippen LogP contribution in [0.5, 0.6) is 11.5 Å². The molecule has 8 nitrogen and oxygen atoms in total. The summed E-state index contributed by atoms with van der Waals surface area (Å²) in [7, 11) is 1.57. The van der Waals surface area contributed by atoms with E-state index in [1.54, 1.807) is 35.9 Å². The van der Waals surface area contributed by atoms with Crippen LogP contribution in [0.2, 0.25) is 0 Å². The number of para-hydroxylation sites is 1. The van der Waals surface area contributed by atoms with E-state index in [-0.39, 0.29) is 23.7 Å². The Morgan fingerprint density at radius 3 is 2.66 bits per heavy atom. The monoisotopic (exact) mass is 441 g/mol. The van der Waals surface area contributed by atoms with Crippen LogP contribution in [-0.4, -0.2) is 48.1 Å². The van der Waals surface area contributed by atoms with Crippen molar-refractivity contribution >= 4 is 11.8 Å². The molecular weight excluding hydrogens is 410 g/mol. The number of benzene rings is 1. The maximum absolute atomic E-state index is 13.6. The highest BCUT2D eigenvalue weighted by atomic mass is 16.5. The molecule has 1 atom stereocenters. The van der Waals surface area contributed by atoms with E-state index in [1.807, 2.05) is 32.0 Å². The molecule has 1 aliphatic rings. The number of hydrogen-bond acceptors (Lipinski definition) is 5. The Morgan fingerprint density at radius 1 is 1.22 bits per heavy atom. The van der Waals surface area contributed by atoms with E-state index in [9.17, 15) is 14.4 Å². The van der Waals surface area contributed by atoms with Gasteiger partial charge in [-0.05, 0) is 32.8 Å². The molecule has 0 fully saturated rings. The van der Waals surface area contributed by atoms with Crippen molar-refractivity contribution in [1.82, 2.24) is 14.8 Å². The number of aromatic nitrogens is 1. The molecule has 1 N–H and O–H groups in total. The lowest BCUT2D eigenvalue weighted by Crippen LogP contribution is -2.39. The highest BCUT2D eigenvalue weighted by molar-refractivity contribution is 5.99. The van der Waals surface area contributed by atoms with E-state index >= 15 is 0 Å². The SMILES string of the molecule is CCNC(=O)c1cn([C@@H](C)CC)cc(C(=O)N2CCCOc3c(cccc3OC)C2)c1=O. The molecule has 0 bridgehead atoms. The van der Waals surface area contributed by atoms with E-state index in [0.29, 0.717) is 37.6 Å². The molecule has 1 aliphatic heterocycles. The first-order valence-electron chi connectivity index (χ1n) is 11.0. The first-order chi connectivity index (χ1) is 15.4. The number of nitrogens with one attached hydrogen (secondary N) is 1. The van der Waals surface area contributed by atoms with Crippen LogP contribution >= 0.6 is 0 Å². The van der Waals surface area contributed by atoms with Crippen molar-refractivity contribution in [1.29, 1.82) is 0 Å². The predicted molar refractivity (Wildman–Crippen MR) is 122 cm³/mol. The van der Waals surface area contributed by atoms with Crippen molar-refractivity contribution in [3.63, 3.8) is 0 Å². The van der Waals surface area contributed by atoms with Gasteiger partial charge in [-0.2, -0.15) is 0 Å². The number of carbonyl (C=O) groups is 2. The zero-order chi connectivity index (χ0) is 23.3. The molecule has 1 aromatic carbocycles. The number of methoxy groups -OCH3 is 1. The largest absolute Gasteiger partial charge is 0.493 e. The summed E-state index contributed by atoms with van der Waals surface area (Å²) in [4.78, 5) is 40.9. The van der Waals surface area contributed by atoms with Crippen LogP contribution in [0.15, 0.2) is 35.4 Å². The lowest BCUT2D eigenvalue weighted by molar-refractivity contribution is 0.0718. The molecule has 2 amide bonds. The van der Waals surface area contributed by atoms with Gasteiger partial charge in [-0.15, -0.1) is 0 Å². The third-order valence-corrected chi connectivity index (χ3v) is 5.71. The van der Waals surface area contributed by atoms with Crippen LogP contribution in [0.3, 0.4) is 0 Å². The number of rotatable bonds is 6. The van der Waals surface area contributed by atoms with Gasteiger partial charge in [0.25, 0.3) is 11.8 Å². The molecule has 0 radical (unpaired) electrons. The van der Waals surface area contributed by atoms with Gasteiger partial charge in [0.1, 0.15) is 11.1 Å². The fourth-order valence-corrected chi connectivity index (χ4v) is 3.70. The van der Waals surface area contributed by atoms with Gasteiger partial charge in [-0.25, -0.2) is 0 Å². The molecule has 0 saturated carbocycles. The Hall–Kier alpha value is -3.29. The quantitative estimate of drug-likeness (QED) is 0.744. The van der Waals surface area contributed by atoms with Crippen molar-refractivity contribution in [2.45, 2.75) is 46.2 Å². The summed E-state index contributed by atoms with van der Waals surface area (Å²) in [5, 5.41) is 2.67. The van der Waals surface area contributed by atoms with Gasteiger partial charge in [-0.3, -0.25) is 14.4 Å². The Bertz CT molecular complexity index is 1050. The third-order valence-electron chi connectivity index (χ3n) is 5.71. The van der Waals surface area contributed by atoms with Gasteiger partial charge in [0.15, 0.2) is 11.5 Å². The molecule has 8 heteroatoms. The average Bonchev–Trinajstić information content (AvgIpc) is 2.78. The molecule has 0 spiro atoms. The number of hydrogen-bond donors (Lipinski definition) is 1. The predicted octanol–water partition coefficient (Wildman–Crippen LogP) is 3.00. The smallest absolute Gasteiger partial charge is 0.259 e. The normalized spacial score (nSPS) is 14.4. The zero-order valence-corrected chi connectivity index (χ0v) is 19.1. The van der Waals surface area contributed by atoms with Gasteiger partial charge >= 0.3 is 0 Å². The summed E-state index contributed by atoms with van der Waals surface area (Å²) in [6, 6.07) is 5.57. The summed E-state index contributed by atoms with van der Waals surface area (Å²) in [5.41, 5.74) is 0.236. The van der Waals surface area contributed by atoms with Crippen LogP contribution in [0, 0.1) is 0 Å². The Morgan fingerprint density at radius 2 is 1.97 bits per heavy atom. The number of ether oxygens (including phenoxy) is 2. The minimum atomic E-state index is -0.551. The van der Waals surface area contributed by atoms with Gasteiger partial charge in [0.2, 0.25) is 5.43 Å². The van der Waals surface area contributed by atoms with Gasteiger partial charge in [0, 0.05) is 43.6 Å². The molecule has 0 saturated heterocycles. The maximum atomic E-state index is 13.6. The molecule has 172 valence electrons. The van der Waals surface area contributed by atoms with E-state index in [2.05, 4.69) is 5.32 Å². The van der Waals surface area contributed by atoms with E-state index < -0.39 is 17.2 Å². The van der Waals surface area contributed by atoms with Crippen molar-refractivity contribution in [2.24, 2.45) is 0 Å². The first kappa shape index (κ1) is 23.4. The minimum absolute atomic E-state index is 0.00000832. The van der Waals surface area contributed by atoms with Crippen LogP contribution in [0.4, 0.5) is 0 Å². The number of nitrogens with zero attached hydrogens (tertiary/aromatic N) is 2. The van der Waals surface area contributed by atoms with Crippen molar-refractivity contribution in [2.75, 3.05) is 26.8 Å². The molecule has 2 heterocycles. The fraction of sp³-hybridized carbons (Fsp3) is 0.458. The number of carbonyl (C=O) groups excluding carboxylic acids is 2. The Labute approximate surface area is 188 Å². The van der Waals surface area contributed by atoms with Crippen molar-refractivity contribution < 1.29 is 19.1 Å². The summed E-state index contributed by atoms with van der Waals surface area (Å²) < 4.78 is 13.1.